The Morgan fingerprint density at radius 2 is 1.93 bits per heavy atom. The third-order valence-corrected chi connectivity index (χ3v) is 6.75. The molecule has 30 heavy (non-hydrogen) atoms. The van der Waals surface area contributed by atoms with Crippen molar-refractivity contribution in [1.29, 1.82) is 0 Å². The highest BCUT2D eigenvalue weighted by Crippen LogP contribution is 2.27. The Kier molecular flexibility index (Phi) is 6.68. The molecule has 9 nitrogen and oxygen atoms in total. The number of sulfonamides is 1. The molecule has 160 valence electrons. The van der Waals surface area contributed by atoms with Gasteiger partial charge in [-0.15, -0.1) is 0 Å². The number of hydrogen-bond donors (Lipinski definition) is 2. The highest BCUT2D eigenvalue weighted by atomic mass is 32.2. The molecular weight excluding hydrogens is 406 g/mol. The van der Waals surface area contributed by atoms with Gasteiger partial charge >= 0.3 is 6.03 Å². The molecule has 0 aliphatic carbocycles. The minimum absolute atomic E-state index is 0.0854. The summed E-state index contributed by atoms with van der Waals surface area (Å²) in [6.45, 7) is 0.631. The van der Waals surface area contributed by atoms with Gasteiger partial charge < -0.3 is 15.5 Å². The van der Waals surface area contributed by atoms with Gasteiger partial charge in [0, 0.05) is 45.3 Å². The quantitative estimate of drug-likeness (QED) is 0.722. The van der Waals surface area contributed by atoms with Crippen molar-refractivity contribution in [3.63, 3.8) is 0 Å². The maximum absolute atomic E-state index is 13.0. The lowest BCUT2D eigenvalue weighted by atomic mass is 10.2. The first kappa shape index (κ1) is 21.7. The van der Waals surface area contributed by atoms with Crippen molar-refractivity contribution in [3.05, 3.63) is 54.4 Å². The van der Waals surface area contributed by atoms with Crippen molar-refractivity contribution in [3.8, 4) is 0 Å². The van der Waals surface area contributed by atoms with Gasteiger partial charge in [-0.25, -0.2) is 13.2 Å². The van der Waals surface area contributed by atoms with Crippen molar-refractivity contribution >= 4 is 27.6 Å². The monoisotopic (exact) mass is 431 g/mol. The molecule has 1 aliphatic rings. The molecule has 1 saturated heterocycles. The molecule has 2 aromatic rings. The molecule has 2 heterocycles. The van der Waals surface area contributed by atoms with E-state index in [1.54, 1.807) is 32.6 Å². The maximum atomic E-state index is 13.0. The van der Waals surface area contributed by atoms with Crippen LogP contribution in [0.2, 0.25) is 0 Å². The average molecular weight is 432 g/mol. The third kappa shape index (κ3) is 4.95. The van der Waals surface area contributed by atoms with E-state index in [2.05, 4.69) is 15.6 Å². The van der Waals surface area contributed by atoms with Crippen LogP contribution in [0.15, 0.2) is 53.7 Å². The van der Waals surface area contributed by atoms with E-state index in [9.17, 15) is 18.0 Å². The van der Waals surface area contributed by atoms with Crippen LogP contribution in [0, 0.1) is 0 Å². The predicted octanol–water partition coefficient (Wildman–Crippen LogP) is 1.64. The molecule has 0 saturated carbocycles. The molecule has 1 aromatic heterocycles. The van der Waals surface area contributed by atoms with Gasteiger partial charge in [0.1, 0.15) is 6.04 Å². The first-order chi connectivity index (χ1) is 14.3. The van der Waals surface area contributed by atoms with Gasteiger partial charge in [-0.3, -0.25) is 9.78 Å². The number of hydrogen-bond acceptors (Lipinski definition) is 5. The Morgan fingerprint density at radius 3 is 2.57 bits per heavy atom. The van der Waals surface area contributed by atoms with Crippen LogP contribution in [-0.2, 0) is 21.4 Å². The van der Waals surface area contributed by atoms with Crippen LogP contribution in [0.5, 0.6) is 0 Å². The summed E-state index contributed by atoms with van der Waals surface area (Å²) >= 11 is 0. The zero-order chi connectivity index (χ0) is 21.7. The zero-order valence-corrected chi connectivity index (χ0v) is 17.7. The summed E-state index contributed by atoms with van der Waals surface area (Å²) in [6.07, 6.45) is 4.46. The highest BCUT2D eigenvalue weighted by molar-refractivity contribution is 7.89. The van der Waals surface area contributed by atoms with Gasteiger partial charge in [0.15, 0.2) is 0 Å². The van der Waals surface area contributed by atoms with Gasteiger partial charge in [0.25, 0.3) is 0 Å². The molecule has 0 bridgehead atoms. The fourth-order valence-corrected chi connectivity index (χ4v) is 4.93. The van der Waals surface area contributed by atoms with Crippen LogP contribution in [0.3, 0.4) is 0 Å². The Morgan fingerprint density at radius 1 is 1.20 bits per heavy atom. The summed E-state index contributed by atoms with van der Waals surface area (Å²) in [5, 5.41) is 5.37. The molecule has 1 fully saturated rings. The van der Waals surface area contributed by atoms with Gasteiger partial charge in [0.2, 0.25) is 15.9 Å². The smallest absolute Gasteiger partial charge is 0.319 e. The molecule has 0 spiro atoms. The fraction of sp³-hybridized carbons (Fsp3) is 0.350. The number of likely N-dealkylation sites (N-methyl/N-ethyl adjacent to an activating group) is 1. The Hall–Kier alpha value is -2.98. The number of urea groups is 1. The minimum Gasteiger partial charge on any atom is -0.347 e. The van der Waals surface area contributed by atoms with Gasteiger partial charge in [-0.1, -0.05) is 6.07 Å². The molecule has 3 rings (SSSR count). The first-order valence-electron chi connectivity index (χ1n) is 9.56. The molecule has 2 N–H and O–H groups in total. The van der Waals surface area contributed by atoms with Crippen LogP contribution in [-0.4, -0.2) is 61.2 Å². The number of amides is 3. The molecule has 1 atom stereocenters. The van der Waals surface area contributed by atoms with Crippen LogP contribution >= 0.6 is 0 Å². The van der Waals surface area contributed by atoms with Crippen molar-refractivity contribution in [1.82, 2.24) is 19.5 Å². The van der Waals surface area contributed by atoms with Crippen LogP contribution in [0.25, 0.3) is 0 Å². The normalized spacial score (nSPS) is 16.8. The van der Waals surface area contributed by atoms with Crippen molar-refractivity contribution in [2.45, 2.75) is 30.3 Å². The fourth-order valence-electron chi connectivity index (χ4n) is 3.28. The number of rotatable bonds is 6. The molecule has 0 radical (unpaired) electrons. The highest BCUT2D eigenvalue weighted by Gasteiger charge is 2.39. The number of benzene rings is 1. The summed E-state index contributed by atoms with van der Waals surface area (Å²) in [6, 6.07) is 8.45. The van der Waals surface area contributed by atoms with Crippen LogP contribution in [0.1, 0.15) is 18.4 Å². The largest absolute Gasteiger partial charge is 0.347 e. The molecule has 0 unspecified atom stereocenters. The topological polar surface area (TPSA) is 112 Å². The van der Waals surface area contributed by atoms with E-state index in [4.69, 9.17) is 0 Å². The van der Waals surface area contributed by atoms with Crippen molar-refractivity contribution in [2.75, 3.05) is 26.0 Å². The maximum Gasteiger partial charge on any atom is 0.319 e. The van der Waals surface area contributed by atoms with Gasteiger partial charge in [0.05, 0.1) is 4.90 Å². The standard InChI is InChI=1S/C20H25N5O4S/c1-24(2)19(26)18-6-4-12-25(18)30(28,29)17-9-7-16(8-10-17)23-20(27)22-14-15-5-3-11-21-13-15/h3,5,7-11,13,18H,4,6,12,14H2,1-2H3,(H2,22,23,27)/t18-/m0/s1. The Bertz CT molecular complexity index is 994. The SMILES string of the molecule is CN(C)C(=O)[C@@H]1CCCN1S(=O)(=O)c1ccc(NC(=O)NCc2cccnc2)cc1. The van der Waals surface area contributed by atoms with Crippen LogP contribution < -0.4 is 10.6 Å². The van der Waals surface area contributed by atoms with Crippen molar-refractivity contribution in [2.24, 2.45) is 0 Å². The van der Waals surface area contributed by atoms with E-state index in [0.29, 0.717) is 31.6 Å². The number of nitrogens with one attached hydrogen (secondary N) is 2. The molecule has 1 aliphatic heterocycles. The minimum atomic E-state index is -3.81. The number of carbonyl (C=O) groups is 2. The first-order valence-corrected chi connectivity index (χ1v) is 11.0. The predicted molar refractivity (Wildman–Crippen MR) is 112 cm³/mol. The van der Waals surface area contributed by atoms with Crippen LogP contribution in [0.4, 0.5) is 10.5 Å². The lowest BCUT2D eigenvalue weighted by molar-refractivity contribution is -0.132. The molecule has 3 amide bonds. The number of aromatic nitrogens is 1. The summed E-state index contributed by atoms with van der Waals surface area (Å²) in [5.41, 5.74) is 1.32. The molecule has 10 heteroatoms. The number of nitrogens with zero attached hydrogens (tertiary/aromatic N) is 3. The average Bonchev–Trinajstić information content (AvgIpc) is 3.23. The number of pyridine rings is 1. The summed E-state index contributed by atoms with van der Waals surface area (Å²) < 4.78 is 27.3. The van der Waals surface area contributed by atoms with E-state index < -0.39 is 22.1 Å². The molecule has 1 aromatic carbocycles. The summed E-state index contributed by atoms with van der Waals surface area (Å²) in [7, 11) is -0.575. The van der Waals surface area contributed by atoms with Crippen molar-refractivity contribution < 1.29 is 18.0 Å². The second kappa shape index (κ2) is 9.23. The van der Waals surface area contributed by atoms with E-state index >= 15 is 0 Å². The Balaban J connectivity index is 1.64. The number of anilines is 1. The third-order valence-electron chi connectivity index (χ3n) is 4.82. The second-order valence-electron chi connectivity index (χ2n) is 7.20. The van der Waals surface area contributed by atoms with E-state index in [0.717, 1.165) is 5.56 Å². The summed E-state index contributed by atoms with van der Waals surface area (Å²) in [4.78, 5) is 29.9. The number of carbonyl (C=O) groups excluding carboxylic acids is 2. The van der Waals surface area contributed by atoms with Gasteiger partial charge in [-0.2, -0.15) is 4.31 Å². The van der Waals surface area contributed by atoms with E-state index in [-0.39, 0.29) is 10.8 Å². The van der Waals surface area contributed by atoms with E-state index in [1.165, 1.54) is 33.5 Å². The second-order valence-corrected chi connectivity index (χ2v) is 9.09. The van der Waals surface area contributed by atoms with E-state index in [1.807, 2.05) is 6.07 Å². The molecular formula is C20H25N5O4S. The Labute approximate surface area is 176 Å². The lowest BCUT2D eigenvalue weighted by Gasteiger charge is -2.25. The lowest BCUT2D eigenvalue weighted by Crippen LogP contribution is -2.45. The summed E-state index contributed by atoms with van der Waals surface area (Å²) in [5.74, 6) is -0.223. The van der Waals surface area contributed by atoms with Gasteiger partial charge in [-0.05, 0) is 48.7 Å². The zero-order valence-electron chi connectivity index (χ0n) is 16.9.